The molecule has 1 saturated carbocycles. The highest BCUT2D eigenvalue weighted by Gasteiger charge is 2.29. The van der Waals surface area contributed by atoms with Gasteiger partial charge in [0.15, 0.2) is 0 Å². The van der Waals surface area contributed by atoms with E-state index in [1.807, 2.05) is 37.3 Å². The number of benzene rings is 1. The second-order valence-electron chi connectivity index (χ2n) is 6.93. The van der Waals surface area contributed by atoms with Crippen LogP contribution in [0.25, 0.3) is 0 Å². The van der Waals surface area contributed by atoms with E-state index in [-0.39, 0.29) is 17.9 Å². The third-order valence-electron chi connectivity index (χ3n) is 4.89. The largest absolute Gasteiger partial charge is 0.352 e. The molecule has 1 aliphatic heterocycles. The van der Waals surface area contributed by atoms with Gasteiger partial charge in [0.1, 0.15) is 0 Å². The molecular formula is C19H28N4O2. The number of nitrogens with one attached hydrogen (secondary N) is 2. The van der Waals surface area contributed by atoms with Crippen LogP contribution in [0.2, 0.25) is 0 Å². The first-order valence-corrected chi connectivity index (χ1v) is 9.27. The van der Waals surface area contributed by atoms with E-state index in [1.54, 1.807) is 0 Å². The van der Waals surface area contributed by atoms with Crippen molar-refractivity contribution in [3.63, 3.8) is 0 Å². The molecule has 6 heteroatoms. The Bertz CT molecular complexity index is 580. The average Bonchev–Trinajstić information content (AvgIpc) is 3.42. The van der Waals surface area contributed by atoms with Crippen LogP contribution in [-0.4, -0.2) is 66.4 Å². The fourth-order valence-corrected chi connectivity index (χ4v) is 3.29. The topological polar surface area (TPSA) is 64.7 Å². The van der Waals surface area contributed by atoms with Crippen molar-refractivity contribution in [2.75, 3.05) is 38.0 Å². The third kappa shape index (κ3) is 5.28. The fourth-order valence-electron chi connectivity index (χ4n) is 3.29. The lowest BCUT2D eigenvalue weighted by Gasteiger charge is -2.38. The van der Waals surface area contributed by atoms with Crippen molar-refractivity contribution < 1.29 is 9.59 Å². The fraction of sp³-hybridized carbons (Fsp3) is 0.579. The predicted molar refractivity (Wildman–Crippen MR) is 98.3 cm³/mol. The molecule has 1 aromatic carbocycles. The van der Waals surface area contributed by atoms with E-state index in [1.165, 1.54) is 0 Å². The Morgan fingerprint density at radius 1 is 1.12 bits per heavy atom. The summed E-state index contributed by atoms with van der Waals surface area (Å²) in [5.41, 5.74) is 0.835. The SMILES string of the molecule is CC[C@@H](C(=O)Nc1ccccc1)N1CCN(CC(=O)NC2CC2)CC1. The number of hydrogen-bond donors (Lipinski definition) is 2. The second-order valence-corrected chi connectivity index (χ2v) is 6.93. The standard InChI is InChI=1S/C19H28N4O2/c1-2-17(19(25)21-15-6-4-3-5-7-15)23-12-10-22(11-13-23)14-18(24)20-16-8-9-16/h3-7,16-17H,2,8-14H2,1H3,(H,20,24)(H,21,25)/t17-/m0/s1. The van der Waals surface area contributed by atoms with Gasteiger partial charge >= 0.3 is 0 Å². The van der Waals surface area contributed by atoms with Gasteiger partial charge in [0.2, 0.25) is 11.8 Å². The summed E-state index contributed by atoms with van der Waals surface area (Å²) in [6.07, 6.45) is 3.02. The molecule has 3 rings (SSSR count). The summed E-state index contributed by atoms with van der Waals surface area (Å²) < 4.78 is 0. The molecule has 2 fully saturated rings. The van der Waals surface area contributed by atoms with Gasteiger partial charge < -0.3 is 10.6 Å². The Morgan fingerprint density at radius 3 is 2.40 bits per heavy atom. The molecular weight excluding hydrogens is 316 g/mol. The second kappa shape index (κ2) is 8.45. The maximum atomic E-state index is 12.6. The zero-order valence-corrected chi connectivity index (χ0v) is 14.9. The van der Waals surface area contributed by atoms with E-state index in [0.29, 0.717) is 12.6 Å². The van der Waals surface area contributed by atoms with E-state index in [9.17, 15) is 9.59 Å². The van der Waals surface area contributed by atoms with Gasteiger partial charge in [0.25, 0.3) is 0 Å². The highest BCUT2D eigenvalue weighted by Crippen LogP contribution is 2.18. The average molecular weight is 344 g/mol. The van der Waals surface area contributed by atoms with Crippen molar-refractivity contribution in [2.24, 2.45) is 0 Å². The minimum atomic E-state index is -0.123. The van der Waals surface area contributed by atoms with Crippen LogP contribution in [0.15, 0.2) is 30.3 Å². The molecule has 0 bridgehead atoms. The highest BCUT2D eigenvalue weighted by molar-refractivity contribution is 5.94. The molecule has 2 amide bonds. The monoisotopic (exact) mass is 344 g/mol. The van der Waals surface area contributed by atoms with E-state index in [4.69, 9.17) is 0 Å². The summed E-state index contributed by atoms with van der Waals surface area (Å²) in [6, 6.07) is 9.88. The maximum absolute atomic E-state index is 12.6. The molecule has 1 heterocycles. The lowest BCUT2D eigenvalue weighted by Crippen LogP contribution is -2.55. The lowest BCUT2D eigenvalue weighted by molar-refractivity contribution is -0.125. The Morgan fingerprint density at radius 2 is 1.80 bits per heavy atom. The van der Waals surface area contributed by atoms with Gasteiger partial charge in [-0.3, -0.25) is 19.4 Å². The van der Waals surface area contributed by atoms with Crippen LogP contribution in [0.5, 0.6) is 0 Å². The molecule has 0 aromatic heterocycles. The number of piperazine rings is 1. The van der Waals surface area contributed by atoms with Crippen molar-refractivity contribution in [1.82, 2.24) is 15.1 Å². The Balaban J connectivity index is 1.46. The smallest absolute Gasteiger partial charge is 0.241 e. The summed E-state index contributed by atoms with van der Waals surface area (Å²) in [5.74, 6) is 0.179. The third-order valence-corrected chi connectivity index (χ3v) is 4.89. The molecule has 0 spiro atoms. The zero-order chi connectivity index (χ0) is 17.6. The van der Waals surface area contributed by atoms with Crippen LogP contribution in [0.3, 0.4) is 0 Å². The molecule has 1 aromatic rings. The number of nitrogens with zero attached hydrogens (tertiary/aromatic N) is 2. The molecule has 2 N–H and O–H groups in total. The van der Waals surface area contributed by atoms with Crippen molar-refractivity contribution in [3.05, 3.63) is 30.3 Å². The van der Waals surface area contributed by atoms with Gasteiger partial charge in [0.05, 0.1) is 12.6 Å². The molecule has 1 atom stereocenters. The van der Waals surface area contributed by atoms with Crippen LogP contribution in [0.1, 0.15) is 26.2 Å². The minimum Gasteiger partial charge on any atom is -0.352 e. The summed E-state index contributed by atoms with van der Waals surface area (Å²) >= 11 is 0. The van der Waals surface area contributed by atoms with Gasteiger partial charge in [-0.25, -0.2) is 0 Å². The molecule has 1 aliphatic carbocycles. The van der Waals surface area contributed by atoms with E-state index < -0.39 is 0 Å². The number of hydrogen-bond acceptors (Lipinski definition) is 4. The summed E-state index contributed by atoms with van der Waals surface area (Å²) in [4.78, 5) is 28.9. The van der Waals surface area contributed by atoms with Gasteiger partial charge in [-0.15, -0.1) is 0 Å². The number of carbonyl (C=O) groups excluding carboxylic acids is 2. The van der Waals surface area contributed by atoms with Crippen LogP contribution in [0.4, 0.5) is 5.69 Å². The first kappa shape index (κ1) is 17.9. The summed E-state index contributed by atoms with van der Waals surface area (Å²) in [6.45, 7) is 5.80. The normalized spacial score (nSPS) is 20.0. The zero-order valence-electron chi connectivity index (χ0n) is 14.9. The van der Waals surface area contributed by atoms with Crippen LogP contribution >= 0.6 is 0 Å². The van der Waals surface area contributed by atoms with Crippen LogP contribution in [-0.2, 0) is 9.59 Å². The van der Waals surface area contributed by atoms with Gasteiger partial charge in [-0.2, -0.15) is 0 Å². The van der Waals surface area contributed by atoms with E-state index >= 15 is 0 Å². The summed E-state index contributed by atoms with van der Waals surface area (Å²) in [7, 11) is 0. The van der Waals surface area contributed by atoms with E-state index in [0.717, 1.165) is 51.1 Å². The lowest BCUT2D eigenvalue weighted by atomic mass is 10.1. The molecule has 2 aliphatic rings. The van der Waals surface area contributed by atoms with Crippen LogP contribution in [0, 0.1) is 0 Å². The first-order chi connectivity index (χ1) is 12.2. The Labute approximate surface area is 149 Å². The van der Waals surface area contributed by atoms with Crippen molar-refractivity contribution in [2.45, 2.75) is 38.3 Å². The number of carbonyl (C=O) groups is 2. The van der Waals surface area contributed by atoms with Gasteiger partial charge in [0, 0.05) is 37.9 Å². The van der Waals surface area contributed by atoms with E-state index in [2.05, 4.69) is 20.4 Å². The summed E-state index contributed by atoms with van der Waals surface area (Å²) in [5, 5.41) is 6.04. The Kier molecular flexibility index (Phi) is 6.04. The maximum Gasteiger partial charge on any atom is 0.241 e. The van der Waals surface area contributed by atoms with Crippen molar-refractivity contribution >= 4 is 17.5 Å². The molecule has 6 nitrogen and oxygen atoms in total. The molecule has 25 heavy (non-hydrogen) atoms. The number of para-hydroxylation sites is 1. The minimum absolute atomic E-state index is 0.0497. The highest BCUT2D eigenvalue weighted by atomic mass is 16.2. The van der Waals surface area contributed by atoms with Crippen molar-refractivity contribution in [3.8, 4) is 0 Å². The molecule has 0 unspecified atom stereocenters. The Hall–Kier alpha value is -1.92. The van der Waals surface area contributed by atoms with Crippen molar-refractivity contribution in [1.29, 1.82) is 0 Å². The number of amides is 2. The number of rotatable bonds is 7. The van der Waals surface area contributed by atoms with Crippen LogP contribution < -0.4 is 10.6 Å². The first-order valence-electron chi connectivity index (χ1n) is 9.27. The quantitative estimate of drug-likeness (QED) is 0.783. The molecule has 1 saturated heterocycles. The molecule has 136 valence electrons. The predicted octanol–water partition coefficient (Wildman–Crippen LogP) is 1.30. The van der Waals surface area contributed by atoms with Gasteiger partial charge in [-0.05, 0) is 31.4 Å². The van der Waals surface area contributed by atoms with Gasteiger partial charge in [-0.1, -0.05) is 25.1 Å². The molecule has 0 radical (unpaired) electrons. The number of anilines is 1.